The SMILES string of the molecule is O=C(OCc1ccc(Cl)c(Cl)c1)c1ccc(N2C(=O)C3CC=CCC3C2=O)cc1. The molecule has 7 heteroatoms. The van der Waals surface area contributed by atoms with E-state index in [9.17, 15) is 14.4 Å². The van der Waals surface area contributed by atoms with Crippen LogP contribution in [0.5, 0.6) is 0 Å². The third-order valence-electron chi connectivity index (χ3n) is 5.22. The van der Waals surface area contributed by atoms with Crippen LogP contribution in [0.25, 0.3) is 0 Å². The van der Waals surface area contributed by atoms with Gasteiger partial charge in [0, 0.05) is 0 Å². The fourth-order valence-corrected chi connectivity index (χ4v) is 3.98. The number of imide groups is 1. The predicted molar refractivity (Wildman–Crippen MR) is 110 cm³/mol. The molecule has 1 aliphatic heterocycles. The van der Waals surface area contributed by atoms with Gasteiger partial charge in [-0.05, 0) is 54.8 Å². The molecule has 0 N–H and O–H groups in total. The maximum atomic E-state index is 12.6. The molecule has 1 heterocycles. The van der Waals surface area contributed by atoms with Crippen molar-refractivity contribution < 1.29 is 19.1 Å². The molecule has 0 bridgehead atoms. The minimum absolute atomic E-state index is 0.0525. The van der Waals surface area contributed by atoms with Crippen molar-refractivity contribution in [1.29, 1.82) is 0 Å². The van der Waals surface area contributed by atoms with E-state index in [4.69, 9.17) is 27.9 Å². The van der Waals surface area contributed by atoms with Gasteiger partial charge in [-0.2, -0.15) is 0 Å². The Balaban J connectivity index is 1.43. The van der Waals surface area contributed by atoms with Crippen molar-refractivity contribution >= 4 is 46.7 Å². The molecule has 1 aliphatic carbocycles. The second-order valence-corrected chi connectivity index (χ2v) is 7.85. The topological polar surface area (TPSA) is 63.7 Å². The number of benzene rings is 2. The van der Waals surface area contributed by atoms with Crippen LogP contribution in [-0.2, 0) is 20.9 Å². The number of esters is 1. The number of rotatable bonds is 4. The van der Waals surface area contributed by atoms with Crippen LogP contribution in [0.15, 0.2) is 54.6 Å². The van der Waals surface area contributed by atoms with Crippen LogP contribution >= 0.6 is 23.2 Å². The number of ether oxygens (including phenoxy) is 1. The van der Waals surface area contributed by atoms with E-state index in [0.717, 1.165) is 0 Å². The molecule has 4 rings (SSSR count). The zero-order chi connectivity index (χ0) is 20.5. The van der Waals surface area contributed by atoms with Gasteiger partial charge in [-0.25, -0.2) is 4.79 Å². The predicted octanol–water partition coefficient (Wildman–Crippen LogP) is 4.81. The van der Waals surface area contributed by atoms with Crippen LogP contribution < -0.4 is 4.90 Å². The fraction of sp³-hybridized carbons (Fsp3) is 0.227. The molecule has 2 aromatic carbocycles. The molecule has 0 spiro atoms. The summed E-state index contributed by atoms with van der Waals surface area (Å²) >= 11 is 11.8. The lowest BCUT2D eigenvalue weighted by molar-refractivity contribution is -0.122. The summed E-state index contributed by atoms with van der Waals surface area (Å²) in [7, 11) is 0. The van der Waals surface area contributed by atoms with E-state index in [-0.39, 0.29) is 30.3 Å². The molecule has 1 fully saturated rings. The summed E-state index contributed by atoms with van der Waals surface area (Å²) in [6.07, 6.45) is 5.07. The van der Waals surface area contributed by atoms with Gasteiger partial charge >= 0.3 is 5.97 Å². The Morgan fingerprint density at radius 2 is 1.55 bits per heavy atom. The van der Waals surface area contributed by atoms with Crippen LogP contribution in [0.3, 0.4) is 0 Å². The van der Waals surface area contributed by atoms with Crippen molar-refractivity contribution in [2.75, 3.05) is 4.90 Å². The van der Waals surface area contributed by atoms with E-state index in [1.54, 1.807) is 42.5 Å². The van der Waals surface area contributed by atoms with Gasteiger partial charge in [0.2, 0.25) is 11.8 Å². The molecule has 0 saturated carbocycles. The van der Waals surface area contributed by atoms with Gasteiger partial charge in [0.1, 0.15) is 6.61 Å². The van der Waals surface area contributed by atoms with Crippen LogP contribution in [0.2, 0.25) is 10.0 Å². The number of halogens is 2. The molecule has 5 nitrogen and oxygen atoms in total. The van der Waals surface area contributed by atoms with Gasteiger partial charge in [-0.1, -0.05) is 41.4 Å². The van der Waals surface area contributed by atoms with Crippen LogP contribution in [0, 0.1) is 11.8 Å². The molecule has 2 atom stereocenters. The zero-order valence-corrected chi connectivity index (χ0v) is 16.8. The lowest BCUT2D eigenvalue weighted by atomic mass is 9.85. The van der Waals surface area contributed by atoms with Gasteiger partial charge < -0.3 is 4.74 Å². The number of hydrogen-bond acceptors (Lipinski definition) is 4. The number of carbonyl (C=O) groups is 3. The molecule has 148 valence electrons. The molecule has 2 aliphatic rings. The lowest BCUT2D eigenvalue weighted by Crippen LogP contribution is -2.30. The second kappa shape index (κ2) is 8.01. The maximum Gasteiger partial charge on any atom is 0.338 e. The van der Waals surface area contributed by atoms with Crippen LogP contribution in [-0.4, -0.2) is 17.8 Å². The summed E-state index contributed by atoms with van der Waals surface area (Å²) in [5, 5.41) is 0.819. The summed E-state index contributed by atoms with van der Waals surface area (Å²) in [5.74, 6) is -1.45. The van der Waals surface area contributed by atoms with Crippen LogP contribution in [0.4, 0.5) is 5.69 Å². The average Bonchev–Trinajstić information content (AvgIpc) is 2.99. The first-order chi connectivity index (χ1) is 14.0. The summed E-state index contributed by atoms with van der Waals surface area (Å²) < 4.78 is 5.30. The molecule has 1 saturated heterocycles. The van der Waals surface area contributed by atoms with Crippen molar-refractivity contribution in [1.82, 2.24) is 0 Å². The second-order valence-electron chi connectivity index (χ2n) is 7.04. The molecular weight excluding hydrogens is 413 g/mol. The minimum Gasteiger partial charge on any atom is -0.457 e. The number of carbonyl (C=O) groups excluding carboxylic acids is 3. The Morgan fingerprint density at radius 1 is 0.931 bits per heavy atom. The minimum atomic E-state index is -0.514. The molecular formula is C22H17Cl2NO4. The number of hydrogen-bond donors (Lipinski definition) is 0. The zero-order valence-electron chi connectivity index (χ0n) is 15.3. The van der Waals surface area contributed by atoms with Crippen molar-refractivity contribution in [3.8, 4) is 0 Å². The van der Waals surface area contributed by atoms with Gasteiger partial charge in [0.15, 0.2) is 0 Å². The van der Waals surface area contributed by atoms with E-state index in [1.165, 1.54) is 4.90 Å². The number of anilines is 1. The van der Waals surface area contributed by atoms with Gasteiger partial charge in [0.25, 0.3) is 0 Å². The largest absolute Gasteiger partial charge is 0.457 e. The highest BCUT2D eigenvalue weighted by molar-refractivity contribution is 6.42. The third-order valence-corrected chi connectivity index (χ3v) is 5.96. The first-order valence-electron chi connectivity index (χ1n) is 9.19. The number of allylic oxidation sites excluding steroid dienone is 2. The highest BCUT2D eigenvalue weighted by atomic mass is 35.5. The summed E-state index contributed by atoms with van der Waals surface area (Å²) in [6.45, 7) is 0.0525. The Kier molecular flexibility index (Phi) is 5.43. The fourth-order valence-electron chi connectivity index (χ4n) is 3.66. The highest BCUT2D eigenvalue weighted by Gasteiger charge is 2.47. The van der Waals surface area contributed by atoms with Crippen molar-refractivity contribution in [3.63, 3.8) is 0 Å². The van der Waals surface area contributed by atoms with Gasteiger partial charge in [0.05, 0.1) is 33.1 Å². The first-order valence-corrected chi connectivity index (χ1v) is 9.95. The molecule has 2 amide bonds. The standard InChI is InChI=1S/C22H17Cl2NO4/c23-18-10-5-13(11-19(18)24)12-29-22(28)14-6-8-15(9-7-14)25-20(26)16-3-1-2-4-17(16)21(25)27/h1-2,5-11,16-17H,3-4,12H2. The summed E-state index contributed by atoms with van der Waals surface area (Å²) in [4.78, 5) is 38.8. The Morgan fingerprint density at radius 3 is 2.14 bits per heavy atom. The van der Waals surface area contributed by atoms with Crippen molar-refractivity contribution in [3.05, 3.63) is 75.8 Å². The van der Waals surface area contributed by atoms with E-state index in [0.29, 0.717) is 39.7 Å². The maximum absolute atomic E-state index is 12.6. The number of nitrogens with zero attached hydrogens (tertiary/aromatic N) is 1. The summed E-state index contributed by atoms with van der Waals surface area (Å²) in [6, 6.07) is 11.3. The highest BCUT2D eigenvalue weighted by Crippen LogP contribution is 2.37. The quantitative estimate of drug-likeness (QED) is 0.397. The molecule has 29 heavy (non-hydrogen) atoms. The Hall–Kier alpha value is -2.63. The monoisotopic (exact) mass is 429 g/mol. The molecule has 2 aromatic rings. The van der Waals surface area contributed by atoms with Crippen molar-refractivity contribution in [2.45, 2.75) is 19.4 Å². The van der Waals surface area contributed by atoms with E-state index in [1.807, 2.05) is 12.2 Å². The molecule has 0 aromatic heterocycles. The lowest BCUT2D eigenvalue weighted by Gasteiger charge is -2.15. The normalized spacial score (nSPS) is 20.7. The van der Waals surface area contributed by atoms with Gasteiger partial charge in [-0.15, -0.1) is 0 Å². The average molecular weight is 430 g/mol. The smallest absolute Gasteiger partial charge is 0.338 e. The summed E-state index contributed by atoms with van der Waals surface area (Å²) in [5.41, 5.74) is 1.51. The van der Waals surface area contributed by atoms with Gasteiger partial charge in [-0.3, -0.25) is 14.5 Å². The van der Waals surface area contributed by atoms with Crippen molar-refractivity contribution in [2.24, 2.45) is 11.8 Å². The van der Waals surface area contributed by atoms with E-state index < -0.39 is 5.97 Å². The Labute approximate surface area is 177 Å². The number of amides is 2. The van der Waals surface area contributed by atoms with E-state index >= 15 is 0 Å². The first kappa shape index (κ1) is 19.7. The van der Waals surface area contributed by atoms with E-state index in [2.05, 4.69) is 0 Å². The number of fused-ring (bicyclic) bond motifs is 1. The van der Waals surface area contributed by atoms with Crippen LogP contribution in [0.1, 0.15) is 28.8 Å². The third kappa shape index (κ3) is 3.80. The Bertz CT molecular complexity index is 990. The molecule has 2 unspecified atom stereocenters. The molecule has 0 radical (unpaired) electrons.